The maximum absolute atomic E-state index is 3.83. The molecule has 3 unspecified atom stereocenters. The average molecular weight is 219 g/mol. The number of nitrogens with one attached hydrogen (secondary N) is 1. The number of hydrogen-bond donors (Lipinski definition) is 1. The molecule has 3 aliphatic carbocycles. The summed E-state index contributed by atoms with van der Waals surface area (Å²) in [7, 11) is 0. The Labute approximate surface area is 99.7 Å². The van der Waals surface area contributed by atoms with Crippen LogP contribution in [0.1, 0.15) is 40.5 Å². The van der Waals surface area contributed by atoms with E-state index in [1.807, 2.05) is 0 Å². The fraction of sp³-hybridized carbons (Fsp3) is 0.867. The summed E-state index contributed by atoms with van der Waals surface area (Å²) in [6.45, 7) is 10.8. The molecule has 1 heteroatoms. The Balaban J connectivity index is 1.54. The van der Waals surface area contributed by atoms with Gasteiger partial charge in [-0.05, 0) is 48.0 Å². The Hall–Kier alpha value is -0.300. The lowest BCUT2D eigenvalue weighted by Gasteiger charge is -2.19. The molecule has 0 aromatic heterocycles. The molecular weight excluding hydrogens is 194 g/mol. The van der Waals surface area contributed by atoms with Gasteiger partial charge in [-0.2, -0.15) is 0 Å². The van der Waals surface area contributed by atoms with E-state index in [-0.39, 0.29) is 0 Å². The van der Waals surface area contributed by atoms with Crippen molar-refractivity contribution in [2.24, 2.45) is 28.6 Å². The molecular formula is C15H25N. The Kier molecular flexibility index (Phi) is 2.12. The van der Waals surface area contributed by atoms with Crippen molar-refractivity contribution in [3.63, 3.8) is 0 Å². The van der Waals surface area contributed by atoms with Crippen LogP contribution in [0.2, 0.25) is 0 Å². The lowest BCUT2D eigenvalue weighted by atomic mass is 9.93. The van der Waals surface area contributed by atoms with Gasteiger partial charge in [0.25, 0.3) is 0 Å². The number of fused-ring (bicyclic) bond motifs is 2. The fourth-order valence-electron chi connectivity index (χ4n) is 4.11. The van der Waals surface area contributed by atoms with Crippen LogP contribution in [0.4, 0.5) is 0 Å². The van der Waals surface area contributed by atoms with Crippen molar-refractivity contribution in [2.75, 3.05) is 6.54 Å². The van der Waals surface area contributed by atoms with Gasteiger partial charge in [-0.1, -0.05) is 39.8 Å². The SMILES string of the molecule is CC1(C)C(NCC2CC3C=CC2C3)C1(C)C. The third-order valence-electron chi connectivity index (χ3n) is 6.02. The second-order valence-corrected chi connectivity index (χ2v) is 7.32. The van der Waals surface area contributed by atoms with Crippen LogP contribution < -0.4 is 5.32 Å². The summed E-state index contributed by atoms with van der Waals surface area (Å²) in [4.78, 5) is 0. The van der Waals surface area contributed by atoms with E-state index >= 15 is 0 Å². The lowest BCUT2D eigenvalue weighted by Crippen LogP contribution is -2.30. The standard InChI is InChI=1S/C15H25N/c1-14(2)13(15(14,3)4)16-9-12-8-10-5-6-11(12)7-10/h5-6,10-13,16H,7-9H2,1-4H3. The summed E-state index contributed by atoms with van der Waals surface area (Å²) < 4.78 is 0. The average Bonchev–Trinajstić information content (AvgIpc) is 2.69. The molecule has 1 nitrogen and oxygen atoms in total. The first-order valence-electron chi connectivity index (χ1n) is 6.84. The van der Waals surface area contributed by atoms with Crippen LogP contribution in [0.5, 0.6) is 0 Å². The maximum Gasteiger partial charge on any atom is 0.0181 e. The minimum absolute atomic E-state index is 0.487. The molecule has 3 aliphatic rings. The van der Waals surface area contributed by atoms with E-state index in [0.717, 1.165) is 23.8 Å². The summed E-state index contributed by atoms with van der Waals surface area (Å²) in [6, 6.07) is 0.725. The molecule has 0 spiro atoms. The number of rotatable bonds is 3. The van der Waals surface area contributed by atoms with Gasteiger partial charge in [0, 0.05) is 6.04 Å². The molecule has 2 fully saturated rings. The third-order valence-corrected chi connectivity index (χ3v) is 6.02. The molecule has 0 aromatic rings. The maximum atomic E-state index is 3.83. The van der Waals surface area contributed by atoms with E-state index in [9.17, 15) is 0 Å². The van der Waals surface area contributed by atoms with Gasteiger partial charge in [0.1, 0.15) is 0 Å². The van der Waals surface area contributed by atoms with E-state index in [1.165, 1.54) is 19.4 Å². The molecule has 16 heavy (non-hydrogen) atoms. The molecule has 2 saturated carbocycles. The van der Waals surface area contributed by atoms with Crippen LogP contribution in [0.3, 0.4) is 0 Å². The zero-order chi connectivity index (χ0) is 11.6. The van der Waals surface area contributed by atoms with Gasteiger partial charge < -0.3 is 5.32 Å². The van der Waals surface area contributed by atoms with Crippen molar-refractivity contribution in [1.82, 2.24) is 5.32 Å². The fourth-order valence-corrected chi connectivity index (χ4v) is 4.11. The van der Waals surface area contributed by atoms with E-state index in [0.29, 0.717) is 10.8 Å². The Morgan fingerprint density at radius 1 is 1.06 bits per heavy atom. The highest BCUT2D eigenvalue weighted by Gasteiger charge is 2.64. The molecule has 1 N–H and O–H groups in total. The van der Waals surface area contributed by atoms with Gasteiger partial charge in [0.05, 0.1) is 0 Å². The van der Waals surface area contributed by atoms with Crippen LogP contribution in [0.15, 0.2) is 12.2 Å². The smallest absolute Gasteiger partial charge is 0.0181 e. The Morgan fingerprint density at radius 3 is 2.19 bits per heavy atom. The van der Waals surface area contributed by atoms with Crippen molar-refractivity contribution >= 4 is 0 Å². The normalized spacial score (nSPS) is 42.9. The van der Waals surface area contributed by atoms with E-state index < -0.39 is 0 Å². The van der Waals surface area contributed by atoms with Crippen LogP contribution in [-0.2, 0) is 0 Å². The lowest BCUT2D eigenvalue weighted by molar-refractivity contribution is 0.397. The number of hydrogen-bond acceptors (Lipinski definition) is 1. The van der Waals surface area contributed by atoms with E-state index in [1.54, 1.807) is 0 Å². The van der Waals surface area contributed by atoms with Crippen LogP contribution in [0, 0.1) is 28.6 Å². The minimum atomic E-state index is 0.487. The van der Waals surface area contributed by atoms with Crippen molar-refractivity contribution in [3.05, 3.63) is 12.2 Å². The van der Waals surface area contributed by atoms with Gasteiger partial charge in [-0.25, -0.2) is 0 Å². The van der Waals surface area contributed by atoms with Gasteiger partial charge in [0.15, 0.2) is 0 Å². The summed E-state index contributed by atoms with van der Waals surface area (Å²) in [5.74, 6) is 2.72. The predicted octanol–water partition coefficient (Wildman–Crippen LogP) is 3.22. The quantitative estimate of drug-likeness (QED) is 0.719. The summed E-state index contributed by atoms with van der Waals surface area (Å²) >= 11 is 0. The Morgan fingerprint density at radius 2 is 1.75 bits per heavy atom. The molecule has 0 amide bonds. The topological polar surface area (TPSA) is 12.0 Å². The molecule has 0 radical (unpaired) electrons. The second kappa shape index (κ2) is 3.13. The highest BCUT2D eigenvalue weighted by atomic mass is 15.0. The first kappa shape index (κ1) is 10.8. The van der Waals surface area contributed by atoms with Gasteiger partial charge in [-0.15, -0.1) is 0 Å². The predicted molar refractivity (Wildman–Crippen MR) is 68.2 cm³/mol. The van der Waals surface area contributed by atoms with Crippen LogP contribution in [0.25, 0.3) is 0 Å². The summed E-state index contributed by atoms with van der Waals surface area (Å²) in [5, 5.41) is 3.83. The first-order chi connectivity index (χ1) is 7.43. The molecule has 2 bridgehead atoms. The zero-order valence-corrected chi connectivity index (χ0v) is 11.1. The van der Waals surface area contributed by atoms with Crippen molar-refractivity contribution < 1.29 is 0 Å². The molecule has 0 heterocycles. The second-order valence-electron chi connectivity index (χ2n) is 7.32. The first-order valence-corrected chi connectivity index (χ1v) is 6.84. The Bertz CT molecular complexity index is 312. The van der Waals surface area contributed by atoms with E-state index in [2.05, 4.69) is 45.2 Å². The molecule has 0 aliphatic heterocycles. The summed E-state index contributed by atoms with van der Waals surface area (Å²) in [5.41, 5.74) is 0.973. The minimum Gasteiger partial charge on any atom is -0.313 e. The monoisotopic (exact) mass is 219 g/mol. The summed E-state index contributed by atoms with van der Waals surface area (Å²) in [6.07, 6.45) is 7.77. The van der Waals surface area contributed by atoms with Crippen molar-refractivity contribution in [3.8, 4) is 0 Å². The van der Waals surface area contributed by atoms with Crippen molar-refractivity contribution in [2.45, 2.75) is 46.6 Å². The van der Waals surface area contributed by atoms with Gasteiger partial charge in [0.2, 0.25) is 0 Å². The van der Waals surface area contributed by atoms with Crippen molar-refractivity contribution in [1.29, 1.82) is 0 Å². The third kappa shape index (κ3) is 1.33. The van der Waals surface area contributed by atoms with Gasteiger partial charge >= 0.3 is 0 Å². The highest BCUT2D eigenvalue weighted by molar-refractivity contribution is 5.18. The van der Waals surface area contributed by atoms with E-state index in [4.69, 9.17) is 0 Å². The molecule has 3 atom stereocenters. The zero-order valence-electron chi connectivity index (χ0n) is 11.1. The largest absolute Gasteiger partial charge is 0.313 e. The molecule has 90 valence electrons. The molecule has 0 saturated heterocycles. The molecule has 3 rings (SSSR count). The van der Waals surface area contributed by atoms with Crippen LogP contribution >= 0.6 is 0 Å². The highest BCUT2D eigenvalue weighted by Crippen LogP contribution is 2.62. The van der Waals surface area contributed by atoms with Gasteiger partial charge in [-0.3, -0.25) is 0 Å². The number of allylic oxidation sites excluding steroid dienone is 2. The van der Waals surface area contributed by atoms with Crippen LogP contribution in [-0.4, -0.2) is 12.6 Å². The molecule has 0 aromatic carbocycles.